The Morgan fingerprint density at radius 1 is 1.50 bits per heavy atom. The average molecular weight is 293 g/mol. The highest BCUT2D eigenvalue weighted by molar-refractivity contribution is 7.14. The first kappa shape index (κ1) is 13.9. The van der Waals surface area contributed by atoms with Crippen molar-refractivity contribution in [3.8, 4) is 0 Å². The maximum absolute atomic E-state index is 11.9. The number of aliphatic carboxylic acids is 1. The largest absolute Gasteiger partial charge is 0.481 e. The number of rotatable bonds is 4. The number of amides is 1. The molecule has 0 saturated heterocycles. The number of hydrogen-bond acceptors (Lipinski definition) is 5. The third-order valence-corrected chi connectivity index (χ3v) is 3.28. The van der Waals surface area contributed by atoms with Gasteiger partial charge < -0.3 is 9.67 Å². The van der Waals surface area contributed by atoms with Crippen molar-refractivity contribution in [2.24, 2.45) is 7.05 Å². The molecule has 0 saturated carbocycles. The van der Waals surface area contributed by atoms with Gasteiger partial charge in [-0.05, 0) is 6.07 Å². The number of aryl methyl sites for hydroxylation is 1. The van der Waals surface area contributed by atoms with E-state index in [-0.39, 0.29) is 17.5 Å². The standard InChI is InChI=1S/C12H11N3O4S/c1-15-3-2-7(4-9(15)16)11(19)14-12-13-8(6-20-12)5-10(17)18/h2-4,6H,5H2,1H3,(H,17,18)(H,13,14,19). The van der Waals surface area contributed by atoms with E-state index in [2.05, 4.69) is 10.3 Å². The molecule has 0 aliphatic rings. The summed E-state index contributed by atoms with van der Waals surface area (Å²) in [6.45, 7) is 0. The van der Waals surface area contributed by atoms with Crippen molar-refractivity contribution in [1.82, 2.24) is 9.55 Å². The first-order valence-corrected chi connectivity index (χ1v) is 6.48. The normalized spacial score (nSPS) is 10.2. The Labute approximate surface area is 117 Å². The van der Waals surface area contributed by atoms with E-state index in [1.807, 2.05) is 0 Å². The highest BCUT2D eigenvalue weighted by Crippen LogP contribution is 2.16. The number of carbonyl (C=O) groups excluding carboxylic acids is 1. The van der Waals surface area contributed by atoms with Crippen molar-refractivity contribution in [1.29, 1.82) is 0 Å². The summed E-state index contributed by atoms with van der Waals surface area (Å²) in [5.41, 5.74) is 0.313. The quantitative estimate of drug-likeness (QED) is 0.865. The molecule has 0 fully saturated rings. The fourth-order valence-corrected chi connectivity index (χ4v) is 2.16. The molecule has 2 N–H and O–H groups in total. The van der Waals surface area contributed by atoms with Crippen molar-refractivity contribution in [3.63, 3.8) is 0 Å². The molecule has 20 heavy (non-hydrogen) atoms. The Morgan fingerprint density at radius 2 is 2.25 bits per heavy atom. The maximum Gasteiger partial charge on any atom is 0.309 e. The van der Waals surface area contributed by atoms with E-state index in [0.29, 0.717) is 10.8 Å². The second-order valence-corrected chi connectivity index (χ2v) is 4.89. The second kappa shape index (κ2) is 5.66. The first-order chi connectivity index (χ1) is 9.45. The van der Waals surface area contributed by atoms with Crippen LogP contribution in [-0.4, -0.2) is 26.5 Å². The molecule has 1 amide bonds. The van der Waals surface area contributed by atoms with Gasteiger partial charge in [-0.25, -0.2) is 4.98 Å². The molecule has 2 aromatic heterocycles. The number of carboxylic acid groups (broad SMARTS) is 1. The molecule has 0 bridgehead atoms. The van der Waals surface area contributed by atoms with Crippen LogP contribution < -0.4 is 10.9 Å². The lowest BCUT2D eigenvalue weighted by atomic mass is 10.2. The Kier molecular flexibility index (Phi) is 3.94. The van der Waals surface area contributed by atoms with Crippen molar-refractivity contribution in [2.75, 3.05) is 5.32 Å². The summed E-state index contributed by atoms with van der Waals surface area (Å²) >= 11 is 1.13. The predicted molar refractivity (Wildman–Crippen MR) is 73.1 cm³/mol. The molecule has 0 aliphatic heterocycles. The van der Waals surface area contributed by atoms with E-state index in [4.69, 9.17) is 5.11 Å². The van der Waals surface area contributed by atoms with Gasteiger partial charge in [-0.3, -0.25) is 19.7 Å². The number of carboxylic acids is 1. The first-order valence-electron chi connectivity index (χ1n) is 5.60. The number of carbonyl (C=O) groups is 2. The van der Waals surface area contributed by atoms with Crippen LogP contribution in [0.3, 0.4) is 0 Å². The van der Waals surface area contributed by atoms with Gasteiger partial charge >= 0.3 is 5.97 Å². The van der Waals surface area contributed by atoms with Crippen molar-refractivity contribution in [2.45, 2.75) is 6.42 Å². The van der Waals surface area contributed by atoms with Gasteiger partial charge in [-0.2, -0.15) is 0 Å². The van der Waals surface area contributed by atoms with Gasteiger partial charge in [0.15, 0.2) is 5.13 Å². The lowest BCUT2D eigenvalue weighted by Gasteiger charge is -2.02. The number of anilines is 1. The molecular formula is C12H11N3O4S. The zero-order chi connectivity index (χ0) is 14.7. The molecular weight excluding hydrogens is 282 g/mol. The van der Waals surface area contributed by atoms with Crippen LogP contribution in [0, 0.1) is 0 Å². The smallest absolute Gasteiger partial charge is 0.309 e. The molecule has 104 valence electrons. The minimum Gasteiger partial charge on any atom is -0.481 e. The summed E-state index contributed by atoms with van der Waals surface area (Å²) in [5, 5.41) is 13.0. The number of nitrogens with zero attached hydrogens (tertiary/aromatic N) is 2. The average Bonchev–Trinajstić information content (AvgIpc) is 2.79. The fraction of sp³-hybridized carbons (Fsp3) is 0.167. The van der Waals surface area contributed by atoms with Gasteiger partial charge in [0, 0.05) is 30.3 Å². The third kappa shape index (κ3) is 3.29. The summed E-state index contributed by atoms with van der Waals surface area (Å²) < 4.78 is 1.35. The van der Waals surface area contributed by atoms with Crippen LogP contribution >= 0.6 is 11.3 Å². The molecule has 0 spiro atoms. The molecule has 7 nitrogen and oxygen atoms in total. The monoisotopic (exact) mass is 293 g/mol. The van der Waals surface area contributed by atoms with E-state index in [1.54, 1.807) is 12.4 Å². The van der Waals surface area contributed by atoms with Gasteiger partial charge in [0.25, 0.3) is 11.5 Å². The van der Waals surface area contributed by atoms with E-state index in [9.17, 15) is 14.4 Å². The lowest BCUT2D eigenvalue weighted by Crippen LogP contribution is -2.19. The van der Waals surface area contributed by atoms with Crippen LogP contribution in [0.5, 0.6) is 0 Å². The Bertz CT molecular complexity index is 719. The van der Waals surface area contributed by atoms with Gasteiger partial charge in [0.05, 0.1) is 12.1 Å². The second-order valence-electron chi connectivity index (χ2n) is 4.03. The van der Waals surface area contributed by atoms with Crippen LogP contribution in [0.4, 0.5) is 5.13 Å². The zero-order valence-corrected chi connectivity index (χ0v) is 11.3. The summed E-state index contributed by atoms with van der Waals surface area (Å²) in [5.74, 6) is -1.45. The fourth-order valence-electron chi connectivity index (χ4n) is 1.46. The highest BCUT2D eigenvalue weighted by Gasteiger charge is 2.11. The molecule has 0 atom stereocenters. The summed E-state index contributed by atoms with van der Waals surface area (Å²) in [7, 11) is 1.59. The number of thiazole rings is 1. The predicted octanol–water partition coefficient (Wildman–Crippen LogP) is 0.721. The highest BCUT2D eigenvalue weighted by atomic mass is 32.1. The van der Waals surface area contributed by atoms with Gasteiger partial charge in [0.1, 0.15) is 0 Å². The molecule has 8 heteroatoms. The van der Waals surface area contributed by atoms with Crippen LogP contribution in [0.25, 0.3) is 0 Å². The number of aromatic nitrogens is 2. The number of pyridine rings is 1. The van der Waals surface area contributed by atoms with Gasteiger partial charge in [-0.1, -0.05) is 0 Å². The zero-order valence-electron chi connectivity index (χ0n) is 10.5. The SMILES string of the molecule is Cn1ccc(C(=O)Nc2nc(CC(=O)O)cs2)cc1=O. The maximum atomic E-state index is 11.9. The van der Waals surface area contributed by atoms with Gasteiger partial charge in [-0.15, -0.1) is 11.3 Å². The lowest BCUT2D eigenvalue weighted by molar-refractivity contribution is -0.136. The minimum absolute atomic E-state index is 0.196. The topological polar surface area (TPSA) is 101 Å². The van der Waals surface area contributed by atoms with E-state index in [1.165, 1.54) is 22.9 Å². The van der Waals surface area contributed by atoms with Crippen LogP contribution in [0.2, 0.25) is 0 Å². The van der Waals surface area contributed by atoms with Crippen molar-refractivity contribution in [3.05, 3.63) is 45.3 Å². The number of nitrogens with one attached hydrogen (secondary N) is 1. The molecule has 0 unspecified atom stereocenters. The third-order valence-electron chi connectivity index (χ3n) is 2.47. The molecule has 0 aliphatic carbocycles. The molecule has 0 radical (unpaired) electrons. The molecule has 2 aromatic rings. The van der Waals surface area contributed by atoms with Crippen LogP contribution in [0.15, 0.2) is 28.5 Å². The van der Waals surface area contributed by atoms with Crippen LogP contribution in [0.1, 0.15) is 16.1 Å². The molecule has 2 rings (SSSR count). The van der Waals surface area contributed by atoms with Gasteiger partial charge in [0.2, 0.25) is 0 Å². The number of hydrogen-bond donors (Lipinski definition) is 2. The Morgan fingerprint density at radius 3 is 2.90 bits per heavy atom. The van der Waals surface area contributed by atoms with E-state index < -0.39 is 11.9 Å². The summed E-state index contributed by atoms with van der Waals surface area (Å²) in [4.78, 5) is 37.8. The Balaban J connectivity index is 2.11. The molecule has 0 aromatic carbocycles. The van der Waals surface area contributed by atoms with E-state index >= 15 is 0 Å². The Hall–Kier alpha value is -2.48. The van der Waals surface area contributed by atoms with Crippen LogP contribution in [-0.2, 0) is 18.3 Å². The minimum atomic E-state index is -0.986. The van der Waals surface area contributed by atoms with E-state index in [0.717, 1.165) is 11.3 Å². The van der Waals surface area contributed by atoms with Crippen molar-refractivity contribution >= 4 is 28.3 Å². The molecule has 2 heterocycles. The summed E-state index contributed by atoms with van der Waals surface area (Å²) in [6.07, 6.45) is 1.30. The van der Waals surface area contributed by atoms with Crippen molar-refractivity contribution < 1.29 is 14.7 Å². The summed E-state index contributed by atoms with van der Waals surface area (Å²) in [6, 6.07) is 2.74.